The molecular formula is C20H21FN2O4S. The summed E-state index contributed by atoms with van der Waals surface area (Å²) in [5.41, 5.74) is 0.606. The van der Waals surface area contributed by atoms with E-state index in [-0.39, 0.29) is 27.6 Å². The third-order valence-electron chi connectivity index (χ3n) is 3.98. The van der Waals surface area contributed by atoms with E-state index in [1.54, 1.807) is 31.4 Å². The molecule has 6 nitrogen and oxygen atoms in total. The second-order valence-electron chi connectivity index (χ2n) is 6.61. The summed E-state index contributed by atoms with van der Waals surface area (Å²) in [6.07, 6.45) is 0. The second-order valence-corrected chi connectivity index (χ2v) is 8.48. The summed E-state index contributed by atoms with van der Waals surface area (Å²) in [5.74, 6) is 0.623. The van der Waals surface area contributed by atoms with Gasteiger partial charge in [0.2, 0.25) is 26.6 Å². The number of anilines is 1. The van der Waals surface area contributed by atoms with Crippen LogP contribution in [0, 0.1) is 11.7 Å². The standard InChI is InChI=1S/C20H21FN2O4S/c1-13(2)12-22-19-20(28(24,25)17-10-6-15(21)7-11-17)23-18(27-19)14-4-8-16(26-3)9-5-14/h4-11,13,22H,12H2,1-3H3. The summed E-state index contributed by atoms with van der Waals surface area (Å²) in [6, 6.07) is 11.5. The van der Waals surface area contributed by atoms with Crippen molar-refractivity contribution in [2.75, 3.05) is 19.0 Å². The highest BCUT2D eigenvalue weighted by Crippen LogP contribution is 2.33. The number of nitrogens with one attached hydrogen (secondary N) is 1. The molecule has 0 radical (unpaired) electrons. The van der Waals surface area contributed by atoms with Gasteiger partial charge in [-0.2, -0.15) is 4.98 Å². The Kier molecular flexibility index (Phi) is 5.69. The Hall–Kier alpha value is -2.87. The maximum Gasteiger partial charge on any atom is 0.233 e. The van der Waals surface area contributed by atoms with Crippen LogP contribution in [-0.4, -0.2) is 27.1 Å². The van der Waals surface area contributed by atoms with Crippen LogP contribution in [0.5, 0.6) is 5.75 Å². The molecule has 1 N–H and O–H groups in total. The molecule has 0 bridgehead atoms. The molecule has 8 heteroatoms. The number of methoxy groups -OCH3 is 1. The fraction of sp³-hybridized carbons (Fsp3) is 0.250. The molecule has 0 aliphatic rings. The van der Waals surface area contributed by atoms with Crippen molar-refractivity contribution < 1.29 is 22.0 Å². The van der Waals surface area contributed by atoms with Gasteiger partial charge in [0.15, 0.2) is 0 Å². The molecule has 0 atom stereocenters. The predicted molar refractivity (Wildman–Crippen MR) is 104 cm³/mol. The molecule has 28 heavy (non-hydrogen) atoms. The number of hydrogen-bond donors (Lipinski definition) is 1. The topological polar surface area (TPSA) is 81.4 Å². The first-order valence-corrected chi connectivity index (χ1v) is 10.2. The van der Waals surface area contributed by atoms with Crippen molar-refractivity contribution in [2.24, 2.45) is 5.92 Å². The van der Waals surface area contributed by atoms with Gasteiger partial charge in [-0.15, -0.1) is 0 Å². The van der Waals surface area contributed by atoms with Crippen molar-refractivity contribution >= 4 is 15.7 Å². The first kappa shape index (κ1) is 19.9. The number of halogens is 1. The smallest absolute Gasteiger partial charge is 0.233 e. The van der Waals surface area contributed by atoms with Gasteiger partial charge in [-0.3, -0.25) is 0 Å². The van der Waals surface area contributed by atoms with Crippen molar-refractivity contribution in [3.05, 3.63) is 54.3 Å². The van der Waals surface area contributed by atoms with E-state index >= 15 is 0 Å². The summed E-state index contributed by atoms with van der Waals surface area (Å²) in [4.78, 5) is 4.17. The Morgan fingerprint density at radius 1 is 1.11 bits per heavy atom. The molecule has 0 saturated carbocycles. The monoisotopic (exact) mass is 404 g/mol. The van der Waals surface area contributed by atoms with Crippen molar-refractivity contribution in [3.8, 4) is 17.2 Å². The summed E-state index contributed by atoms with van der Waals surface area (Å²) in [6.45, 7) is 4.48. The highest BCUT2D eigenvalue weighted by atomic mass is 32.2. The molecule has 0 unspecified atom stereocenters. The largest absolute Gasteiger partial charge is 0.497 e. The predicted octanol–water partition coefficient (Wildman–Crippen LogP) is 4.39. The van der Waals surface area contributed by atoms with E-state index in [4.69, 9.17) is 9.15 Å². The Morgan fingerprint density at radius 3 is 2.32 bits per heavy atom. The zero-order chi connectivity index (χ0) is 20.3. The van der Waals surface area contributed by atoms with Crippen molar-refractivity contribution in [2.45, 2.75) is 23.8 Å². The van der Waals surface area contributed by atoms with Crippen molar-refractivity contribution in [1.82, 2.24) is 4.98 Å². The van der Waals surface area contributed by atoms with Crippen molar-refractivity contribution in [1.29, 1.82) is 0 Å². The highest BCUT2D eigenvalue weighted by Gasteiger charge is 2.28. The number of sulfone groups is 1. The van der Waals surface area contributed by atoms with Crippen LogP contribution in [0.4, 0.5) is 10.3 Å². The molecule has 0 amide bonds. The number of hydrogen-bond acceptors (Lipinski definition) is 6. The quantitative estimate of drug-likeness (QED) is 0.588. The third kappa shape index (κ3) is 4.17. The average molecular weight is 404 g/mol. The van der Waals surface area contributed by atoms with Gasteiger partial charge in [0.1, 0.15) is 11.6 Å². The Bertz CT molecular complexity index is 1040. The lowest BCUT2D eigenvalue weighted by Crippen LogP contribution is -2.11. The van der Waals surface area contributed by atoms with Gasteiger partial charge in [0, 0.05) is 12.1 Å². The van der Waals surface area contributed by atoms with E-state index in [1.165, 1.54) is 12.1 Å². The van der Waals surface area contributed by atoms with E-state index in [0.717, 1.165) is 12.1 Å². The second kappa shape index (κ2) is 8.02. The van der Waals surface area contributed by atoms with Crippen LogP contribution in [0.15, 0.2) is 62.9 Å². The lowest BCUT2D eigenvalue weighted by molar-refractivity contribution is 0.415. The fourth-order valence-electron chi connectivity index (χ4n) is 2.48. The molecule has 3 aromatic rings. The number of nitrogens with zero attached hydrogens (tertiary/aromatic N) is 1. The highest BCUT2D eigenvalue weighted by molar-refractivity contribution is 7.91. The van der Waals surface area contributed by atoms with Crippen LogP contribution < -0.4 is 10.1 Å². The molecule has 0 saturated heterocycles. The molecule has 2 aromatic carbocycles. The van der Waals surface area contributed by atoms with Gasteiger partial charge >= 0.3 is 0 Å². The lowest BCUT2D eigenvalue weighted by atomic mass is 10.2. The van der Waals surface area contributed by atoms with E-state index in [0.29, 0.717) is 17.9 Å². The summed E-state index contributed by atoms with van der Waals surface area (Å²) < 4.78 is 50.2. The molecular weight excluding hydrogens is 383 g/mol. The van der Waals surface area contributed by atoms with Crippen LogP contribution in [-0.2, 0) is 9.84 Å². The first-order chi connectivity index (χ1) is 13.3. The zero-order valence-corrected chi connectivity index (χ0v) is 16.6. The first-order valence-electron chi connectivity index (χ1n) is 8.71. The number of rotatable bonds is 7. The molecule has 148 valence electrons. The van der Waals surface area contributed by atoms with Crippen LogP contribution in [0.25, 0.3) is 11.5 Å². The van der Waals surface area contributed by atoms with Crippen LogP contribution in [0.1, 0.15) is 13.8 Å². The molecule has 3 rings (SSSR count). The number of aromatic nitrogens is 1. The molecule has 1 aromatic heterocycles. The normalized spacial score (nSPS) is 11.6. The minimum absolute atomic E-state index is 0.0591. The number of ether oxygens (including phenoxy) is 1. The Balaban J connectivity index is 2.06. The summed E-state index contributed by atoms with van der Waals surface area (Å²) >= 11 is 0. The molecule has 0 fully saturated rings. The maximum atomic E-state index is 13.2. The van der Waals surface area contributed by atoms with Crippen LogP contribution in [0.3, 0.4) is 0 Å². The lowest BCUT2D eigenvalue weighted by Gasteiger charge is -2.08. The van der Waals surface area contributed by atoms with Gasteiger partial charge < -0.3 is 14.5 Å². The Labute approximate surface area is 163 Å². The molecule has 0 aliphatic heterocycles. The van der Waals surface area contributed by atoms with E-state index in [1.807, 2.05) is 13.8 Å². The van der Waals surface area contributed by atoms with Crippen molar-refractivity contribution in [3.63, 3.8) is 0 Å². The average Bonchev–Trinajstić information content (AvgIpc) is 3.12. The molecule has 0 spiro atoms. The molecule has 1 heterocycles. The number of oxazole rings is 1. The van der Waals surface area contributed by atoms with E-state index in [2.05, 4.69) is 10.3 Å². The maximum absolute atomic E-state index is 13.2. The summed E-state index contributed by atoms with van der Waals surface area (Å²) in [7, 11) is -2.44. The minimum Gasteiger partial charge on any atom is -0.497 e. The van der Waals surface area contributed by atoms with Crippen LogP contribution >= 0.6 is 0 Å². The van der Waals surface area contributed by atoms with E-state index in [9.17, 15) is 12.8 Å². The minimum atomic E-state index is -3.99. The van der Waals surface area contributed by atoms with E-state index < -0.39 is 15.7 Å². The summed E-state index contributed by atoms with van der Waals surface area (Å²) in [5, 5.41) is 2.77. The number of benzene rings is 2. The van der Waals surface area contributed by atoms with Gasteiger partial charge in [0.25, 0.3) is 0 Å². The van der Waals surface area contributed by atoms with Gasteiger partial charge in [-0.1, -0.05) is 13.8 Å². The Morgan fingerprint density at radius 2 is 1.75 bits per heavy atom. The van der Waals surface area contributed by atoms with Gasteiger partial charge in [-0.25, -0.2) is 12.8 Å². The SMILES string of the molecule is COc1ccc(-c2nc(S(=O)(=O)c3ccc(F)cc3)c(NCC(C)C)o2)cc1. The van der Waals surface area contributed by atoms with Gasteiger partial charge in [0.05, 0.1) is 12.0 Å². The molecule has 0 aliphatic carbocycles. The third-order valence-corrected chi connectivity index (χ3v) is 5.66. The van der Waals surface area contributed by atoms with Gasteiger partial charge in [-0.05, 0) is 54.4 Å². The fourth-order valence-corrected chi connectivity index (χ4v) is 3.76. The van der Waals surface area contributed by atoms with Crippen LogP contribution in [0.2, 0.25) is 0 Å². The zero-order valence-electron chi connectivity index (χ0n) is 15.8.